The van der Waals surface area contributed by atoms with Crippen LogP contribution in [0.1, 0.15) is 17.7 Å². The van der Waals surface area contributed by atoms with E-state index in [1.807, 2.05) is 30.3 Å². The van der Waals surface area contributed by atoms with Gasteiger partial charge >= 0.3 is 0 Å². The van der Waals surface area contributed by atoms with Crippen molar-refractivity contribution in [2.75, 3.05) is 5.32 Å². The maximum Gasteiger partial charge on any atom is 0.266 e. The van der Waals surface area contributed by atoms with E-state index >= 15 is 0 Å². The van der Waals surface area contributed by atoms with Gasteiger partial charge in [-0.15, -0.1) is 0 Å². The summed E-state index contributed by atoms with van der Waals surface area (Å²) >= 11 is 0. The number of aromatic nitrogens is 2. The van der Waals surface area contributed by atoms with E-state index < -0.39 is 0 Å². The maximum atomic E-state index is 12.3. The molecule has 0 spiro atoms. The number of benzene rings is 1. The second-order valence-corrected chi connectivity index (χ2v) is 5.37. The van der Waals surface area contributed by atoms with Crippen LogP contribution in [0.15, 0.2) is 41.2 Å². The largest absolute Gasteiger partial charge is 0.326 e. The van der Waals surface area contributed by atoms with Gasteiger partial charge in [0.25, 0.3) is 5.56 Å². The molecule has 0 bridgehead atoms. The van der Waals surface area contributed by atoms with E-state index in [0.29, 0.717) is 6.42 Å². The summed E-state index contributed by atoms with van der Waals surface area (Å²) in [6.07, 6.45) is 2.07. The van der Waals surface area contributed by atoms with Gasteiger partial charge in [-0.3, -0.25) is 9.59 Å². The van der Waals surface area contributed by atoms with Gasteiger partial charge in [-0.25, -0.2) is 4.68 Å². The number of nitrogens with one attached hydrogen (secondary N) is 1. The van der Waals surface area contributed by atoms with E-state index in [-0.39, 0.29) is 17.4 Å². The summed E-state index contributed by atoms with van der Waals surface area (Å²) in [5.41, 5.74) is 2.51. The molecule has 0 saturated carbocycles. The molecule has 0 aliphatic heterocycles. The Balaban J connectivity index is 1.75. The zero-order chi connectivity index (χ0) is 14.8. The Labute approximate surface area is 122 Å². The number of hydrogen-bond acceptors (Lipinski definition) is 3. The minimum atomic E-state index is -0.127. The molecular weight excluding hydrogens is 266 g/mol. The van der Waals surface area contributed by atoms with Gasteiger partial charge < -0.3 is 5.32 Å². The molecule has 1 amide bonds. The molecule has 2 aromatic rings. The molecule has 108 valence electrons. The van der Waals surface area contributed by atoms with Gasteiger partial charge in [0.1, 0.15) is 0 Å². The van der Waals surface area contributed by atoms with Crippen LogP contribution in [0.25, 0.3) is 0 Å². The topological polar surface area (TPSA) is 64.0 Å². The van der Waals surface area contributed by atoms with Crippen LogP contribution in [0, 0.1) is 5.92 Å². The number of hydrogen-bond donors (Lipinski definition) is 1. The Hall–Kier alpha value is -2.43. The van der Waals surface area contributed by atoms with Crippen molar-refractivity contribution in [3.8, 4) is 0 Å². The smallest absolute Gasteiger partial charge is 0.266 e. The molecule has 1 aliphatic carbocycles. The monoisotopic (exact) mass is 283 g/mol. The highest BCUT2D eigenvalue weighted by molar-refractivity contribution is 5.92. The quantitative estimate of drug-likeness (QED) is 0.909. The first kappa shape index (κ1) is 13.5. The number of carbonyl (C=O) groups excluding carboxylic acids is 1. The van der Waals surface area contributed by atoms with Crippen molar-refractivity contribution in [3.63, 3.8) is 0 Å². The molecule has 1 aliphatic rings. The highest BCUT2D eigenvalue weighted by atomic mass is 16.2. The number of carbonyl (C=O) groups is 1. The Kier molecular flexibility index (Phi) is 3.56. The van der Waals surface area contributed by atoms with E-state index in [1.165, 1.54) is 4.68 Å². The van der Waals surface area contributed by atoms with E-state index in [1.54, 1.807) is 13.1 Å². The van der Waals surface area contributed by atoms with E-state index in [2.05, 4.69) is 10.4 Å². The fraction of sp³-hybridized carbons (Fsp3) is 0.312. The maximum absolute atomic E-state index is 12.3. The lowest BCUT2D eigenvalue weighted by molar-refractivity contribution is -0.120. The van der Waals surface area contributed by atoms with Gasteiger partial charge in [-0.1, -0.05) is 18.2 Å². The number of amides is 1. The summed E-state index contributed by atoms with van der Waals surface area (Å²) in [5.74, 6) is -0.0980. The highest BCUT2D eigenvalue weighted by Crippen LogP contribution is 2.24. The molecule has 1 aromatic carbocycles. The average molecular weight is 283 g/mol. The van der Waals surface area contributed by atoms with Crippen LogP contribution in [-0.2, 0) is 24.7 Å². The number of anilines is 1. The predicted octanol–water partition coefficient (Wildman–Crippen LogP) is 1.52. The molecule has 3 rings (SSSR count). The lowest BCUT2D eigenvalue weighted by Crippen LogP contribution is -2.31. The molecule has 1 unspecified atom stereocenters. The minimum Gasteiger partial charge on any atom is -0.326 e. The van der Waals surface area contributed by atoms with Crippen molar-refractivity contribution < 1.29 is 4.79 Å². The number of para-hydroxylation sites is 1. The predicted molar refractivity (Wildman–Crippen MR) is 80.1 cm³/mol. The summed E-state index contributed by atoms with van der Waals surface area (Å²) in [4.78, 5) is 24.0. The summed E-state index contributed by atoms with van der Waals surface area (Å²) < 4.78 is 1.35. The minimum absolute atomic E-state index is 0.00697. The Morgan fingerprint density at radius 1 is 1.33 bits per heavy atom. The van der Waals surface area contributed by atoms with Gasteiger partial charge in [0, 0.05) is 24.7 Å². The zero-order valence-corrected chi connectivity index (χ0v) is 11.9. The van der Waals surface area contributed by atoms with Crippen molar-refractivity contribution in [3.05, 3.63) is 58.0 Å². The molecule has 1 N–H and O–H groups in total. The van der Waals surface area contributed by atoms with E-state index in [9.17, 15) is 9.59 Å². The van der Waals surface area contributed by atoms with Crippen molar-refractivity contribution in [1.29, 1.82) is 0 Å². The molecule has 0 saturated heterocycles. The molecule has 5 heteroatoms. The van der Waals surface area contributed by atoms with Crippen LogP contribution in [0.2, 0.25) is 0 Å². The molecule has 5 nitrogen and oxygen atoms in total. The first-order chi connectivity index (χ1) is 10.1. The Bertz CT molecular complexity index is 722. The van der Waals surface area contributed by atoms with Crippen LogP contribution in [0.4, 0.5) is 5.69 Å². The lowest BCUT2D eigenvalue weighted by atomic mass is 9.86. The third-order valence-corrected chi connectivity index (χ3v) is 3.87. The second-order valence-electron chi connectivity index (χ2n) is 5.37. The molecule has 0 radical (unpaired) electrons. The standard InChI is InChI=1S/C16H17N3O2/c1-19-15(20)10-12-9-11(7-8-14(12)18-19)16(21)17-13-5-3-2-4-6-13/h2-6,10-11H,7-9H2,1H3,(H,17,21). The van der Waals surface area contributed by atoms with Crippen molar-refractivity contribution in [2.45, 2.75) is 19.3 Å². The molecule has 1 aromatic heterocycles. The van der Waals surface area contributed by atoms with Gasteiger partial charge in [0.2, 0.25) is 5.91 Å². The van der Waals surface area contributed by atoms with Crippen LogP contribution < -0.4 is 10.9 Å². The van der Waals surface area contributed by atoms with Gasteiger partial charge in [-0.05, 0) is 37.0 Å². The Morgan fingerprint density at radius 2 is 2.10 bits per heavy atom. The fourth-order valence-corrected chi connectivity index (χ4v) is 2.68. The normalized spacial score (nSPS) is 17.1. The number of nitrogens with zero attached hydrogens (tertiary/aromatic N) is 2. The first-order valence-corrected chi connectivity index (χ1v) is 7.05. The summed E-state index contributed by atoms with van der Waals surface area (Å²) in [7, 11) is 1.65. The molecule has 21 heavy (non-hydrogen) atoms. The van der Waals surface area contributed by atoms with Gasteiger partial charge in [-0.2, -0.15) is 5.10 Å². The summed E-state index contributed by atoms with van der Waals surface area (Å²) in [5, 5.41) is 7.19. The fourth-order valence-electron chi connectivity index (χ4n) is 2.68. The van der Waals surface area contributed by atoms with Gasteiger partial charge in [0.05, 0.1) is 5.69 Å². The van der Waals surface area contributed by atoms with E-state index in [4.69, 9.17) is 0 Å². The van der Waals surface area contributed by atoms with Crippen LogP contribution in [-0.4, -0.2) is 15.7 Å². The molecular formula is C16H17N3O2. The van der Waals surface area contributed by atoms with Crippen molar-refractivity contribution >= 4 is 11.6 Å². The van der Waals surface area contributed by atoms with Crippen LogP contribution in [0.3, 0.4) is 0 Å². The first-order valence-electron chi connectivity index (χ1n) is 7.05. The lowest BCUT2D eigenvalue weighted by Gasteiger charge is -2.23. The van der Waals surface area contributed by atoms with E-state index in [0.717, 1.165) is 29.8 Å². The molecule has 1 heterocycles. The van der Waals surface area contributed by atoms with Crippen molar-refractivity contribution in [1.82, 2.24) is 9.78 Å². The third-order valence-electron chi connectivity index (χ3n) is 3.87. The number of rotatable bonds is 2. The van der Waals surface area contributed by atoms with Gasteiger partial charge in [0.15, 0.2) is 0 Å². The second kappa shape index (κ2) is 5.52. The average Bonchev–Trinajstić information content (AvgIpc) is 2.49. The van der Waals surface area contributed by atoms with Crippen LogP contribution >= 0.6 is 0 Å². The number of fused-ring (bicyclic) bond motifs is 1. The highest BCUT2D eigenvalue weighted by Gasteiger charge is 2.26. The molecule has 0 fully saturated rings. The third kappa shape index (κ3) is 2.86. The summed E-state index contributed by atoms with van der Waals surface area (Å²) in [6, 6.07) is 11.0. The van der Waals surface area contributed by atoms with Crippen molar-refractivity contribution in [2.24, 2.45) is 13.0 Å². The Morgan fingerprint density at radius 3 is 2.86 bits per heavy atom. The summed E-state index contributed by atoms with van der Waals surface area (Å²) in [6.45, 7) is 0. The SMILES string of the molecule is Cn1nc2c(cc1=O)CC(C(=O)Nc1ccccc1)CC2. The molecule has 1 atom stereocenters. The van der Waals surface area contributed by atoms with Crippen LogP contribution in [0.5, 0.6) is 0 Å². The zero-order valence-electron chi connectivity index (χ0n) is 11.9. The number of aryl methyl sites for hydroxylation is 2.